The Morgan fingerprint density at radius 3 is 2.66 bits per heavy atom. The van der Waals surface area contributed by atoms with E-state index in [0.29, 0.717) is 36.0 Å². The SMILES string of the molecule is COc1cc([C@@]2(Oc3cnc(N4C[C@H](C(F)(F)F)CC4CC#N)cn3)CCNC[C@H]2C)c(Cl)cn1. The fourth-order valence-corrected chi connectivity index (χ4v) is 5.16. The number of halogens is 4. The Balaban J connectivity index is 1.62. The van der Waals surface area contributed by atoms with E-state index in [0.717, 1.165) is 0 Å². The second-order valence-corrected chi connectivity index (χ2v) is 9.32. The van der Waals surface area contributed by atoms with Gasteiger partial charge in [-0.2, -0.15) is 18.4 Å². The molecule has 0 aliphatic carbocycles. The normalized spacial score (nSPS) is 26.9. The van der Waals surface area contributed by atoms with Gasteiger partial charge in [0.2, 0.25) is 11.8 Å². The van der Waals surface area contributed by atoms with Crippen molar-refractivity contribution in [2.24, 2.45) is 11.8 Å². The van der Waals surface area contributed by atoms with Crippen LogP contribution in [-0.4, -0.2) is 53.9 Å². The molecule has 1 N–H and O–H groups in total. The van der Waals surface area contributed by atoms with Gasteiger partial charge in [-0.15, -0.1) is 0 Å². The summed E-state index contributed by atoms with van der Waals surface area (Å²) in [6.45, 7) is 3.13. The molecule has 2 aromatic heterocycles. The van der Waals surface area contributed by atoms with Crippen LogP contribution in [0.5, 0.6) is 11.8 Å². The van der Waals surface area contributed by atoms with E-state index in [9.17, 15) is 13.2 Å². The van der Waals surface area contributed by atoms with Gasteiger partial charge in [-0.3, -0.25) is 0 Å². The number of ether oxygens (including phenoxy) is 2. The number of pyridine rings is 1. The zero-order valence-corrected chi connectivity index (χ0v) is 20.1. The van der Waals surface area contributed by atoms with Gasteiger partial charge in [0.05, 0.1) is 42.9 Å². The molecule has 2 aliphatic heterocycles. The summed E-state index contributed by atoms with van der Waals surface area (Å²) in [5, 5.41) is 12.9. The van der Waals surface area contributed by atoms with Crippen molar-refractivity contribution in [1.29, 1.82) is 5.26 Å². The van der Waals surface area contributed by atoms with Crippen LogP contribution in [0.25, 0.3) is 0 Å². The van der Waals surface area contributed by atoms with Gasteiger partial charge in [-0.25, -0.2) is 15.0 Å². The standard InChI is InChI=1S/C23H26ClF3N6O2/c1-14-9-29-6-4-22(14,17-8-20(34-2)31-10-18(17)24)35-21-12-30-19(11-32-21)33-13-15(23(25,26)27)7-16(33)3-5-28/h8,10-12,14-16,29H,3-4,6-7,9,13H2,1-2H3/t14-,15-,16?,22-/m1/s1. The van der Waals surface area contributed by atoms with E-state index in [4.69, 9.17) is 26.3 Å². The van der Waals surface area contributed by atoms with E-state index < -0.39 is 23.7 Å². The second-order valence-electron chi connectivity index (χ2n) is 8.91. The summed E-state index contributed by atoms with van der Waals surface area (Å²) in [6.07, 6.45) is 0.407. The van der Waals surface area contributed by atoms with Crippen molar-refractivity contribution in [2.75, 3.05) is 31.6 Å². The van der Waals surface area contributed by atoms with Crippen molar-refractivity contribution >= 4 is 17.4 Å². The molecule has 2 aromatic rings. The molecular formula is C23H26ClF3N6O2. The van der Waals surface area contributed by atoms with Crippen molar-refractivity contribution in [3.63, 3.8) is 0 Å². The van der Waals surface area contributed by atoms with Crippen molar-refractivity contribution in [2.45, 2.75) is 44.0 Å². The molecule has 1 unspecified atom stereocenters. The average molecular weight is 511 g/mol. The number of methoxy groups -OCH3 is 1. The van der Waals surface area contributed by atoms with E-state index in [1.54, 1.807) is 6.07 Å². The average Bonchev–Trinajstić information content (AvgIpc) is 3.26. The van der Waals surface area contributed by atoms with Gasteiger partial charge in [0, 0.05) is 49.3 Å². The third kappa shape index (κ3) is 5.09. The first-order chi connectivity index (χ1) is 16.7. The minimum absolute atomic E-state index is 0.00605. The molecular weight excluding hydrogens is 485 g/mol. The largest absolute Gasteiger partial charge is 0.481 e. The number of nitriles is 1. The van der Waals surface area contributed by atoms with E-state index in [2.05, 4.69) is 20.3 Å². The molecule has 35 heavy (non-hydrogen) atoms. The summed E-state index contributed by atoms with van der Waals surface area (Å²) in [7, 11) is 1.52. The summed E-state index contributed by atoms with van der Waals surface area (Å²) in [6, 6.07) is 3.15. The highest BCUT2D eigenvalue weighted by molar-refractivity contribution is 6.31. The number of aromatic nitrogens is 3. The molecule has 4 atom stereocenters. The first kappa shape index (κ1) is 25.3. The molecule has 2 aliphatic rings. The number of hydrogen-bond donors (Lipinski definition) is 1. The highest BCUT2D eigenvalue weighted by Crippen LogP contribution is 2.43. The minimum Gasteiger partial charge on any atom is -0.481 e. The number of hydrogen-bond acceptors (Lipinski definition) is 8. The van der Waals surface area contributed by atoms with Gasteiger partial charge in [0.1, 0.15) is 11.4 Å². The zero-order chi connectivity index (χ0) is 25.2. The fourth-order valence-electron chi connectivity index (χ4n) is 4.90. The second kappa shape index (κ2) is 10.0. The molecule has 8 nitrogen and oxygen atoms in total. The molecule has 2 fully saturated rings. The Hall–Kier alpha value is -2.84. The molecule has 0 aromatic carbocycles. The Morgan fingerprint density at radius 2 is 2.03 bits per heavy atom. The number of rotatable bonds is 6. The first-order valence-corrected chi connectivity index (χ1v) is 11.7. The number of alkyl halides is 3. The third-order valence-corrected chi connectivity index (χ3v) is 7.12. The lowest BCUT2D eigenvalue weighted by atomic mass is 9.77. The van der Waals surface area contributed by atoms with Crippen molar-refractivity contribution in [1.82, 2.24) is 20.3 Å². The monoisotopic (exact) mass is 510 g/mol. The Labute approximate surface area is 206 Å². The van der Waals surface area contributed by atoms with Crippen molar-refractivity contribution in [3.8, 4) is 17.8 Å². The van der Waals surface area contributed by atoms with Gasteiger partial charge in [-0.05, 0) is 13.0 Å². The summed E-state index contributed by atoms with van der Waals surface area (Å²) < 4.78 is 51.7. The van der Waals surface area contributed by atoms with Crippen LogP contribution in [0.1, 0.15) is 31.7 Å². The molecule has 4 rings (SSSR count). The fraction of sp³-hybridized carbons (Fsp3) is 0.565. The molecule has 2 saturated heterocycles. The van der Waals surface area contributed by atoms with Crippen LogP contribution >= 0.6 is 11.6 Å². The smallest absolute Gasteiger partial charge is 0.393 e. The molecule has 0 bridgehead atoms. The highest BCUT2D eigenvalue weighted by atomic mass is 35.5. The number of nitrogens with zero attached hydrogens (tertiary/aromatic N) is 5. The molecule has 12 heteroatoms. The van der Waals surface area contributed by atoms with Gasteiger partial charge in [0.15, 0.2) is 0 Å². The predicted molar refractivity (Wildman–Crippen MR) is 122 cm³/mol. The van der Waals surface area contributed by atoms with Crippen molar-refractivity contribution < 1.29 is 22.6 Å². The van der Waals surface area contributed by atoms with Crippen LogP contribution in [0.3, 0.4) is 0 Å². The van der Waals surface area contributed by atoms with E-state index in [1.165, 1.54) is 30.6 Å². The zero-order valence-electron chi connectivity index (χ0n) is 19.3. The Morgan fingerprint density at radius 1 is 1.26 bits per heavy atom. The Kier molecular flexibility index (Phi) is 7.24. The quantitative estimate of drug-likeness (QED) is 0.620. The van der Waals surface area contributed by atoms with Crippen LogP contribution in [-0.2, 0) is 5.60 Å². The van der Waals surface area contributed by atoms with Gasteiger partial charge in [0.25, 0.3) is 0 Å². The molecule has 4 heterocycles. The molecule has 0 radical (unpaired) electrons. The predicted octanol–water partition coefficient (Wildman–Crippen LogP) is 4.11. The van der Waals surface area contributed by atoms with E-state index >= 15 is 0 Å². The lowest BCUT2D eigenvalue weighted by Gasteiger charge is -2.43. The number of piperidine rings is 1. The summed E-state index contributed by atoms with van der Waals surface area (Å²) in [4.78, 5) is 14.4. The van der Waals surface area contributed by atoms with Gasteiger partial charge >= 0.3 is 6.18 Å². The van der Waals surface area contributed by atoms with E-state index in [1.807, 2.05) is 13.0 Å². The van der Waals surface area contributed by atoms with E-state index in [-0.39, 0.29) is 37.0 Å². The first-order valence-electron chi connectivity index (χ1n) is 11.3. The van der Waals surface area contributed by atoms with Crippen LogP contribution in [0.4, 0.5) is 19.0 Å². The summed E-state index contributed by atoms with van der Waals surface area (Å²) in [5.41, 5.74) is -0.125. The van der Waals surface area contributed by atoms with Crippen LogP contribution in [0, 0.1) is 23.2 Å². The Bertz CT molecular complexity index is 1080. The maximum atomic E-state index is 13.3. The van der Waals surface area contributed by atoms with Crippen LogP contribution in [0.2, 0.25) is 5.02 Å². The lowest BCUT2D eigenvalue weighted by molar-refractivity contribution is -0.168. The van der Waals surface area contributed by atoms with Crippen LogP contribution in [0.15, 0.2) is 24.7 Å². The van der Waals surface area contributed by atoms with Gasteiger partial charge < -0.3 is 19.7 Å². The minimum atomic E-state index is -4.33. The van der Waals surface area contributed by atoms with Crippen molar-refractivity contribution in [3.05, 3.63) is 35.2 Å². The molecule has 0 saturated carbocycles. The van der Waals surface area contributed by atoms with Crippen LogP contribution < -0.4 is 19.7 Å². The molecule has 188 valence electrons. The summed E-state index contributed by atoms with van der Waals surface area (Å²) >= 11 is 6.54. The number of anilines is 1. The highest BCUT2D eigenvalue weighted by Gasteiger charge is 2.48. The topological polar surface area (TPSA) is 96.2 Å². The molecule has 0 amide bonds. The summed E-state index contributed by atoms with van der Waals surface area (Å²) in [5.74, 6) is -0.621. The maximum Gasteiger partial charge on any atom is 0.393 e. The number of nitrogens with one attached hydrogen (secondary N) is 1. The molecule has 0 spiro atoms. The van der Waals surface area contributed by atoms with Gasteiger partial charge in [-0.1, -0.05) is 18.5 Å². The maximum absolute atomic E-state index is 13.3. The third-order valence-electron chi connectivity index (χ3n) is 6.81. The lowest BCUT2D eigenvalue weighted by Crippen LogP contribution is -2.51.